The maximum Gasteiger partial charge on any atom is 0.416 e. The number of unbranched alkanes of at least 4 members (excludes halogenated alkanes) is 5. The Hall–Kier alpha value is -4.05. The van der Waals surface area contributed by atoms with E-state index >= 15 is 0 Å². The number of nitrogens with one attached hydrogen (secondary N) is 1. The SMILES string of the molecule is O=C(Cn1c(CCc2cccc(F)c2F)cc(=O)c2ccccc21)N(CCCCCCCCc1ccc(C(F)(F)F)cc1)C1CCNCC1. The van der Waals surface area contributed by atoms with Crippen molar-refractivity contribution in [2.45, 2.75) is 89.4 Å². The number of rotatable bonds is 15. The van der Waals surface area contributed by atoms with Crippen LogP contribution < -0.4 is 10.7 Å². The zero-order valence-corrected chi connectivity index (χ0v) is 27.7. The molecular formula is C39H44F5N3O2. The highest BCUT2D eigenvalue weighted by atomic mass is 19.4. The zero-order chi connectivity index (χ0) is 34.8. The number of fused-ring (bicyclic) bond motifs is 1. The molecule has 0 bridgehead atoms. The van der Waals surface area contributed by atoms with E-state index in [-0.39, 0.29) is 42.3 Å². The molecule has 4 aromatic rings. The van der Waals surface area contributed by atoms with Crippen molar-refractivity contribution in [3.05, 3.63) is 117 Å². The molecule has 2 heterocycles. The highest BCUT2D eigenvalue weighted by Gasteiger charge is 2.30. The van der Waals surface area contributed by atoms with E-state index in [1.165, 1.54) is 18.2 Å². The van der Waals surface area contributed by atoms with Crippen molar-refractivity contribution in [2.24, 2.45) is 0 Å². The summed E-state index contributed by atoms with van der Waals surface area (Å²) in [5.41, 5.74) is 1.56. The summed E-state index contributed by atoms with van der Waals surface area (Å²) >= 11 is 0. The van der Waals surface area contributed by atoms with Gasteiger partial charge < -0.3 is 14.8 Å². The molecule has 1 fully saturated rings. The van der Waals surface area contributed by atoms with E-state index < -0.39 is 23.4 Å². The van der Waals surface area contributed by atoms with Gasteiger partial charge in [-0.15, -0.1) is 0 Å². The summed E-state index contributed by atoms with van der Waals surface area (Å²) in [6.45, 7) is 2.32. The summed E-state index contributed by atoms with van der Waals surface area (Å²) in [5, 5.41) is 3.87. The van der Waals surface area contributed by atoms with Crippen molar-refractivity contribution in [1.82, 2.24) is 14.8 Å². The van der Waals surface area contributed by atoms with E-state index in [0.29, 0.717) is 23.1 Å². The van der Waals surface area contributed by atoms with E-state index in [2.05, 4.69) is 5.32 Å². The molecule has 10 heteroatoms. The summed E-state index contributed by atoms with van der Waals surface area (Å²) in [4.78, 5) is 29.2. The number of piperidine rings is 1. The van der Waals surface area contributed by atoms with Crippen LogP contribution >= 0.6 is 0 Å². The van der Waals surface area contributed by atoms with Gasteiger partial charge in [-0.05, 0) is 99.5 Å². The normalized spacial score (nSPS) is 14.0. The average Bonchev–Trinajstić information content (AvgIpc) is 3.10. The molecule has 49 heavy (non-hydrogen) atoms. The van der Waals surface area contributed by atoms with E-state index in [1.807, 2.05) is 21.6 Å². The minimum Gasteiger partial charge on any atom is -0.338 e. The highest BCUT2D eigenvalue weighted by Crippen LogP contribution is 2.29. The number of hydrogen-bond acceptors (Lipinski definition) is 3. The molecule has 5 rings (SSSR count). The van der Waals surface area contributed by atoms with Crippen molar-refractivity contribution < 1.29 is 26.7 Å². The second-order valence-corrected chi connectivity index (χ2v) is 13.0. The molecule has 262 valence electrons. The molecule has 1 aliphatic heterocycles. The van der Waals surface area contributed by atoms with E-state index in [4.69, 9.17) is 0 Å². The summed E-state index contributed by atoms with van der Waals surface area (Å²) in [7, 11) is 0. The number of amides is 1. The second-order valence-electron chi connectivity index (χ2n) is 13.0. The molecule has 3 aromatic carbocycles. The lowest BCUT2D eigenvalue weighted by atomic mass is 10.0. The molecular weight excluding hydrogens is 637 g/mol. The number of pyridine rings is 1. The van der Waals surface area contributed by atoms with E-state index in [1.54, 1.807) is 24.3 Å². The van der Waals surface area contributed by atoms with E-state index in [9.17, 15) is 31.5 Å². The average molecular weight is 682 g/mol. The van der Waals surface area contributed by atoms with Crippen LogP contribution in [-0.4, -0.2) is 41.1 Å². The Bertz CT molecular complexity index is 1750. The third kappa shape index (κ3) is 9.78. The van der Waals surface area contributed by atoms with Crippen molar-refractivity contribution in [3.63, 3.8) is 0 Å². The van der Waals surface area contributed by atoms with Crippen LogP contribution in [0, 0.1) is 11.6 Å². The van der Waals surface area contributed by atoms with E-state index in [0.717, 1.165) is 94.6 Å². The monoisotopic (exact) mass is 681 g/mol. The standard InChI is InChI=1S/C39H44F5N3O2/c40-34-13-9-11-29(38(34)41)17-20-32-26-36(48)33-12-6-7-14-35(33)47(32)27-37(49)46(31-21-23-45-24-22-31)25-8-4-2-1-3-5-10-28-15-18-30(19-16-28)39(42,43)44/h6-7,9,11-16,18-19,26,31,45H,1-5,8,10,17,20-25,27H2. The predicted molar refractivity (Wildman–Crippen MR) is 182 cm³/mol. The fourth-order valence-electron chi connectivity index (χ4n) is 6.81. The van der Waals surface area contributed by atoms with Crippen LogP contribution in [0.3, 0.4) is 0 Å². The van der Waals surface area contributed by atoms with Gasteiger partial charge in [0.2, 0.25) is 5.91 Å². The quantitative estimate of drug-likeness (QED) is 0.102. The molecule has 1 aromatic heterocycles. The number of halogens is 5. The minimum absolute atomic E-state index is 0.0320. The number of para-hydroxylation sites is 1. The minimum atomic E-state index is -4.32. The number of hydrogen-bond donors (Lipinski definition) is 1. The Balaban J connectivity index is 1.20. The van der Waals surface area contributed by atoms with Crippen molar-refractivity contribution >= 4 is 16.8 Å². The Morgan fingerprint density at radius 1 is 0.816 bits per heavy atom. The second kappa shape index (κ2) is 17.1. The maximum atomic E-state index is 14.5. The molecule has 0 atom stereocenters. The molecule has 0 spiro atoms. The fourth-order valence-corrected chi connectivity index (χ4v) is 6.81. The summed E-state index contributed by atoms with van der Waals surface area (Å²) in [6.07, 6.45) is 4.30. The molecule has 0 unspecified atom stereocenters. The van der Waals surface area contributed by atoms with Crippen molar-refractivity contribution in [1.29, 1.82) is 0 Å². The molecule has 0 aliphatic carbocycles. The first-order valence-electron chi connectivity index (χ1n) is 17.3. The molecule has 1 N–H and O–H groups in total. The Labute approximate surface area is 284 Å². The third-order valence-electron chi connectivity index (χ3n) is 9.55. The van der Waals surface area contributed by atoms with Crippen LogP contribution in [0.4, 0.5) is 22.0 Å². The van der Waals surface area contributed by atoms with Gasteiger partial charge in [0.1, 0.15) is 6.54 Å². The third-order valence-corrected chi connectivity index (χ3v) is 9.55. The van der Waals surface area contributed by atoms with Gasteiger partial charge >= 0.3 is 6.18 Å². The zero-order valence-electron chi connectivity index (χ0n) is 27.7. The summed E-state index contributed by atoms with van der Waals surface area (Å²) in [5.74, 6) is -1.85. The number of carbonyl (C=O) groups excluding carboxylic acids is 1. The van der Waals surface area contributed by atoms with Crippen LogP contribution in [0.2, 0.25) is 0 Å². The number of aryl methyl sites for hydroxylation is 3. The number of alkyl halides is 3. The molecule has 1 amide bonds. The van der Waals surface area contributed by atoms with Gasteiger partial charge in [0.25, 0.3) is 0 Å². The number of carbonyl (C=O) groups is 1. The van der Waals surface area contributed by atoms with Gasteiger partial charge in [0.15, 0.2) is 17.1 Å². The summed E-state index contributed by atoms with van der Waals surface area (Å²) < 4.78 is 68.6. The van der Waals surface area contributed by atoms with Crippen LogP contribution in [-0.2, 0) is 36.8 Å². The topological polar surface area (TPSA) is 54.3 Å². The first-order valence-corrected chi connectivity index (χ1v) is 17.3. The van der Waals surface area contributed by atoms with Gasteiger partial charge in [-0.2, -0.15) is 13.2 Å². The molecule has 0 radical (unpaired) electrons. The predicted octanol–water partition coefficient (Wildman–Crippen LogP) is 8.25. The number of aromatic nitrogens is 1. The lowest BCUT2D eigenvalue weighted by molar-refractivity contribution is -0.137. The number of nitrogens with zero attached hydrogens (tertiary/aromatic N) is 2. The molecule has 0 saturated carbocycles. The van der Waals surface area contributed by atoms with Gasteiger partial charge in [-0.1, -0.05) is 62.1 Å². The van der Waals surface area contributed by atoms with Crippen LogP contribution in [0.1, 0.15) is 73.8 Å². The van der Waals surface area contributed by atoms with Crippen molar-refractivity contribution in [2.75, 3.05) is 19.6 Å². The highest BCUT2D eigenvalue weighted by molar-refractivity contribution is 5.83. The van der Waals surface area contributed by atoms with Crippen molar-refractivity contribution in [3.8, 4) is 0 Å². The number of benzene rings is 3. The van der Waals surface area contributed by atoms with Crippen LogP contribution in [0.5, 0.6) is 0 Å². The van der Waals surface area contributed by atoms with Crippen LogP contribution in [0.25, 0.3) is 10.9 Å². The van der Waals surface area contributed by atoms with Gasteiger partial charge in [0, 0.05) is 29.7 Å². The summed E-state index contributed by atoms with van der Waals surface area (Å²) in [6, 6.07) is 18.2. The smallest absolute Gasteiger partial charge is 0.338 e. The first-order chi connectivity index (χ1) is 23.6. The fraction of sp³-hybridized carbons (Fsp3) is 0.436. The molecule has 5 nitrogen and oxygen atoms in total. The van der Waals surface area contributed by atoms with Crippen LogP contribution in [0.15, 0.2) is 77.6 Å². The Kier molecular flexibility index (Phi) is 12.6. The van der Waals surface area contributed by atoms with Gasteiger partial charge in [-0.3, -0.25) is 9.59 Å². The maximum absolute atomic E-state index is 14.5. The Morgan fingerprint density at radius 3 is 2.24 bits per heavy atom. The largest absolute Gasteiger partial charge is 0.416 e. The van der Waals surface area contributed by atoms with Gasteiger partial charge in [0.05, 0.1) is 11.1 Å². The lowest BCUT2D eigenvalue weighted by Crippen LogP contribution is -2.47. The van der Waals surface area contributed by atoms with Gasteiger partial charge in [-0.25, -0.2) is 8.78 Å². The first kappa shape index (κ1) is 36.2. The lowest BCUT2D eigenvalue weighted by Gasteiger charge is -2.35. The Morgan fingerprint density at radius 2 is 1.51 bits per heavy atom. The molecule has 1 aliphatic rings. The molecule has 1 saturated heterocycles.